The van der Waals surface area contributed by atoms with E-state index in [2.05, 4.69) is 15.9 Å². The van der Waals surface area contributed by atoms with Crippen LogP contribution >= 0.6 is 27.5 Å². The van der Waals surface area contributed by atoms with E-state index in [0.717, 1.165) is 10.9 Å². The maximum absolute atomic E-state index is 11.6. The van der Waals surface area contributed by atoms with Crippen LogP contribution < -0.4 is 0 Å². The molecule has 0 saturated carbocycles. The number of halogens is 2. The maximum atomic E-state index is 11.6. The van der Waals surface area contributed by atoms with Crippen molar-refractivity contribution in [3.8, 4) is 0 Å². The molecule has 5 heteroatoms. The Hall–Kier alpha value is -1.00. The molecule has 84 valence electrons. The van der Waals surface area contributed by atoms with E-state index in [-0.39, 0.29) is 5.97 Å². The zero-order valence-corrected chi connectivity index (χ0v) is 11.1. The topological polar surface area (TPSA) is 31.2 Å². The molecule has 1 heterocycles. The first-order valence-electron chi connectivity index (χ1n) is 4.58. The normalized spacial score (nSPS) is 10.8. The van der Waals surface area contributed by atoms with Crippen LogP contribution in [0.4, 0.5) is 0 Å². The van der Waals surface area contributed by atoms with E-state index in [9.17, 15) is 4.79 Å². The molecule has 0 aliphatic rings. The summed E-state index contributed by atoms with van der Waals surface area (Å²) in [6.07, 6.45) is 0. The van der Waals surface area contributed by atoms with Gasteiger partial charge in [-0.3, -0.25) is 0 Å². The third kappa shape index (κ3) is 1.62. The van der Waals surface area contributed by atoms with Gasteiger partial charge in [-0.05, 0) is 34.1 Å². The standard InChI is InChI=1S/C11H9BrClNO2/c1-14-8-4-3-6(13)5-7(8)9(12)10(14)11(15)16-2/h3-5H,1-2H3. The predicted octanol–water partition coefficient (Wildman–Crippen LogP) is 3.38. The maximum Gasteiger partial charge on any atom is 0.355 e. The van der Waals surface area contributed by atoms with Crippen LogP contribution in [0.1, 0.15) is 10.5 Å². The lowest BCUT2D eigenvalue weighted by Crippen LogP contribution is -2.07. The quantitative estimate of drug-likeness (QED) is 0.756. The molecule has 0 N–H and O–H groups in total. The van der Waals surface area contributed by atoms with Crippen molar-refractivity contribution < 1.29 is 9.53 Å². The van der Waals surface area contributed by atoms with Crippen LogP contribution in [0.5, 0.6) is 0 Å². The van der Waals surface area contributed by atoms with Crippen molar-refractivity contribution in [3.63, 3.8) is 0 Å². The van der Waals surface area contributed by atoms with Crippen LogP contribution in [-0.2, 0) is 11.8 Å². The van der Waals surface area contributed by atoms with Crippen LogP contribution in [0, 0.1) is 0 Å². The van der Waals surface area contributed by atoms with Crippen molar-refractivity contribution >= 4 is 44.4 Å². The van der Waals surface area contributed by atoms with Gasteiger partial charge in [0.25, 0.3) is 0 Å². The summed E-state index contributed by atoms with van der Waals surface area (Å²) < 4.78 is 7.22. The zero-order chi connectivity index (χ0) is 11.9. The molecule has 0 bridgehead atoms. The van der Waals surface area contributed by atoms with E-state index >= 15 is 0 Å². The van der Waals surface area contributed by atoms with E-state index in [1.807, 2.05) is 19.2 Å². The van der Waals surface area contributed by atoms with Crippen molar-refractivity contribution in [2.24, 2.45) is 7.05 Å². The number of nitrogens with zero attached hydrogens (tertiary/aromatic N) is 1. The minimum Gasteiger partial charge on any atom is -0.464 e. The highest BCUT2D eigenvalue weighted by molar-refractivity contribution is 9.10. The van der Waals surface area contributed by atoms with E-state index < -0.39 is 0 Å². The van der Waals surface area contributed by atoms with Crippen LogP contribution in [-0.4, -0.2) is 17.6 Å². The Bertz CT molecular complexity index is 577. The molecular formula is C11H9BrClNO2. The Labute approximate surface area is 106 Å². The van der Waals surface area contributed by atoms with Gasteiger partial charge in [-0.1, -0.05) is 11.6 Å². The lowest BCUT2D eigenvalue weighted by atomic mass is 10.2. The van der Waals surface area contributed by atoms with Gasteiger partial charge in [0.15, 0.2) is 0 Å². The van der Waals surface area contributed by atoms with Crippen molar-refractivity contribution in [1.29, 1.82) is 0 Å². The molecule has 2 aromatic rings. The lowest BCUT2D eigenvalue weighted by molar-refractivity contribution is 0.0589. The molecule has 0 saturated heterocycles. The fourth-order valence-electron chi connectivity index (χ4n) is 1.70. The van der Waals surface area contributed by atoms with Gasteiger partial charge in [-0.25, -0.2) is 4.79 Å². The first kappa shape index (κ1) is 11.5. The number of carbonyl (C=O) groups is 1. The van der Waals surface area contributed by atoms with Gasteiger partial charge in [-0.15, -0.1) is 0 Å². The largest absolute Gasteiger partial charge is 0.464 e. The number of carbonyl (C=O) groups excluding carboxylic acids is 1. The molecule has 0 unspecified atom stereocenters. The van der Waals surface area contributed by atoms with E-state index in [1.165, 1.54) is 7.11 Å². The summed E-state index contributed by atoms with van der Waals surface area (Å²) in [6, 6.07) is 5.47. The van der Waals surface area contributed by atoms with Gasteiger partial charge in [0, 0.05) is 23.0 Å². The first-order chi connectivity index (χ1) is 7.56. The Morgan fingerprint density at radius 2 is 2.19 bits per heavy atom. The highest BCUT2D eigenvalue weighted by Crippen LogP contribution is 2.32. The number of hydrogen-bond donors (Lipinski definition) is 0. The second-order valence-corrected chi connectivity index (χ2v) is 4.60. The number of esters is 1. The van der Waals surface area contributed by atoms with E-state index in [4.69, 9.17) is 16.3 Å². The highest BCUT2D eigenvalue weighted by atomic mass is 79.9. The number of hydrogen-bond acceptors (Lipinski definition) is 2. The summed E-state index contributed by atoms with van der Waals surface area (Å²) in [5.41, 5.74) is 1.41. The average Bonchev–Trinajstić information content (AvgIpc) is 2.51. The van der Waals surface area contributed by atoms with Gasteiger partial charge in [0.2, 0.25) is 0 Å². The third-order valence-corrected chi connectivity index (χ3v) is 3.52. The minimum absolute atomic E-state index is 0.373. The monoisotopic (exact) mass is 301 g/mol. The number of rotatable bonds is 1. The molecule has 0 amide bonds. The number of methoxy groups -OCH3 is 1. The molecule has 0 fully saturated rings. The highest BCUT2D eigenvalue weighted by Gasteiger charge is 2.19. The molecule has 16 heavy (non-hydrogen) atoms. The molecule has 0 aliphatic carbocycles. The van der Waals surface area contributed by atoms with Crippen molar-refractivity contribution in [1.82, 2.24) is 4.57 Å². The van der Waals surface area contributed by atoms with Gasteiger partial charge >= 0.3 is 5.97 Å². The summed E-state index contributed by atoms with van der Waals surface area (Å²) >= 11 is 9.32. The summed E-state index contributed by atoms with van der Waals surface area (Å²) in [5.74, 6) is -0.373. The van der Waals surface area contributed by atoms with Crippen molar-refractivity contribution in [2.75, 3.05) is 7.11 Å². The molecule has 1 aromatic heterocycles. The number of aryl methyl sites for hydroxylation is 1. The Balaban J connectivity index is 2.81. The molecule has 0 radical (unpaired) electrons. The fraction of sp³-hybridized carbons (Fsp3) is 0.182. The van der Waals surface area contributed by atoms with Gasteiger partial charge in [0.1, 0.15) is 5.69 Å². The minimum atomic E-state index is -0.373. The zero-order valence-electron chi connectivity index (χ0n) is 8.75. The molecule has 3 nitrogen and oxygen atoms in total. The Kier molecular flexibility index (Phi) is 2.95. The van der Waals surface area contributed by atoms with Crippen LogP contribution in [0.25, 0.3) is 10.9 Å². The summed E-state index contributed by atoms with van der Waals surface area (Å²) in [5, 5.41) is 1.53. The second kappa shape index (κ2) is 4.11. The SMILES string of the molecule is COC(=O)c1c(Br)c2cc(Cl)ccc2n1C. The van der Waals surface area contributed by atoms with Crippen molar-refractivity contribution in [2.45, 2.75) is 0 Å². The molecule has 0 aliphatic heterocycles. The molecule has 1 aromatic carbocycles. The number of ether oxygens (including phenoxy) is 1. The van der Waals surface area contributed by atoms with Crippen LogP contribution in [0.2, 0.25) is 5.02 Å². The summed E-state index contributed by atoms with van der Waals surface area (Å²) in [7, 11) is 3.17. The fourth-order valence-corrected chi connectivity index (χ4v) is 2.61. The molecular weight excluding hydrogens is 293 g/mol. The number of benzene rings is 1. The number of aromatic nitrogens is 1. The van der Waals surface area contributed by atoms with E-state index in [0.29, 0.717) is 15.2 Å². The Morgan fingerprint density at radius 1 is 1.50 bits per heavy atom. The first-order valence-corrected chi connectivity index (χ1v) is 5.75. The van der Waals surface area contributed by atoms with Crippen LogP contribution in [0.15, 0.2) is 22.7 Å². The smallest absolute Gasteiger partial charge is 0.355 e. The predicted molar refractivity (Wildman–Crippen MR) is 67.0 cm³/mol. The molecule has 2 rings (SSSR count). The van der Waals surface area contributed by atoms with Crippen molar-refractivity contribution in [3.05, 3.63) is 33.4 Å². The van der Waals surface area contributed by atoms with Gasteiger partial charge in [-0.2, -0.15) is 0 Å². The van der Waals surface area contributed by atoms with Gasteiger partial charge < -0.3 is 9.30 Å². The lowest BCUT2D eigenvalue weighted by Gasteiger charge is -2.01. The molecule has 0 spiro atoms. The Morgan fingerprint density at radius 3 is 2.81 bits per heavy atom. The van der Waals surface area contributed by atoms with E-state index in [1.54, 1.807) is 10.6 Å². The third-order valence-electron chi connectivity index (χ3n) is 2.48. The van der Waals surface area contributed by atoms with Crippen LogP contribution in [0.3, 0.4) is 0 Å². The summed E-state index contributed by atoms with van der Waals surface area (Å²) in [4.78, 5) is 11.6. The second-order valence-electron chi connectivity index (χ2n) is 3.37. The van der Waals surface area contributed by atoms with Gasteiger partial charge in [0.05, 0.1) is 11.6 Å². The molecule has 0 atom stereocenters. The summed E-state index contributed by atoms with van der Waals surface area (Å²) in [6.45, 7) is 0. The number of fused-ring (bicyclic) bond motifs is 1. The average molecular weight is 303 g/mol.